The van der Waals surface area contributed by atoms with Crippen LogP contribution in [0.3, 0.4) is 0 Å². The van der Waals surface area contributed by atoms with Crippen LogP contribution in [0.1, 0.15) is 31.8 Å². The molecule has 8 heteroatoms. The Labute approximate surface area is 185 Å². The highest BCUT2D eigenvalue weighted by molar-refractivity contribution is 14.1. The van der Waals surface area contributed by atoms with Crippen molar-refractivity contribution in [2.75, 3.05) is 0 Å². The van der Waals surface area contributed by atoms with Gasteiger partial charge >= 0.3 is 11.9 Å². The fourth-order valence-corrected chi connectivity index (χ4v) is 6.51. The molecule has 0 spiro atoms. The fourth-order valence-electron chi connectivity index (χ4n) is 3.05. The lowest BCUT2D eigenvalue weighted by molar-refractivity contribution is 0.0681. The number of aromatic carboxylic acids is 2. The van der Waals surface area contributed by atoms with Gasteiger partial charge in [-0.2, -0.15) is 0 Å². The molecule has 3 aromatic rings. The molecule has 0 aliphatic carbocycles. The molecule has 0 saturated heterocycles. The standard InChI is InChI=1S/C18H12I2O4S2/c1-7-13(9-3-5-11(19)25-9)16(18(23)24)8(2)14(15(7)17(21)22)10-4-6-12(20)26-10/h3-6H,1-2H3,(H,21,22)(H,23,24). The van der Waals surface area contributed by atoms with Gasteiger partial charge in [-0.05, 0) is 94.4 Å². The summed E-state index contributed by atoms with van der Waals surface area (Å²) < 4.78 is 2.03. The van der Waals surface area contributed by atoms with Gasteiger partial charge < -0.3 is 10.2 Å². The van der Waals surface area contributed by atoms with E-state index in [2.05, 4.69) is 45.2 Å². The molecule has 2 N–H and O–H groups in total. The van der Waals surface area contributed by atoms with Crippen molar-refractivity contribution in [2.45, 2.75) is 13.8 Å². The maximum absolute atomic E-state index is 12.1. The van der Waals surface area contributed by atoms with Gasteiger partial charge in [-0.3, -0.25) is 0 Å². The Morgan fingerprint density at radius 2 is 1.12 bits per heavy atom. The lowest BCUT2D eigenvalue weighted by Gasteiger charge is -2.19. The maximum Gasteiger partial charge on any atom is 0.336 e. The van der Waals surface area contributed by atoms with Gasteiger partial charge in [-0.15, -0.1) is 22.7 Å². The summed E-state index contributed by atoms with van der Waals surface area (Å²) in [7, 11) is 0. The van der Waals surface area contributed by atoms with Crippen LogP contribution >= 0.6 is 67.9 Å². The molecule has 0 bridgehead atoms. The third-order valence-electron chi connectivity index (χ3n) is 4.07. The summed E-state index contributed by atoms with van der Waals surface area (Å²) in [4.78, 5) is 25.7. The van der Waals surface area contributed by atoms with E-state index in [-0.39, 0.29) is 11.1 Å². The Bertz CT molecular complexity index is 966. The first-order chi connectivity index (χ1) is 12.2. The zero-order valence-electron chi connectivity index (χ0n) is 13.6. The van der Waals surface area contributed by atoms with Crippen LogP contribution in [-0.2, 0) is 0 Å². The zero-order chi connectivity index (χ0) is 19.2. The van der Waals surface area contributed by atoms with E-state index < -0.39 is 11.9 Å². The van der Waals surface area contributed by atoms with Crippen LogP contribution in [0.15, 0.2) is 24.3 Å². The molecule has 0 atom stereocenters. The van der Waals surface area contributed by atoms with Crippen molar-refractivity contribution in [3.05, 3.63) is 52.3 Å². The zero-order valence-corrected chi connectivity index (χ0v) is 19.5. The van der Waals surface area contributed by atoms with Crippen molar-refractivity contribution in [1.82, 2.24) is 0 Å². The largest absolute Gasteiger partial charge is 0.478 e. The quantitative estimate of drug-likeness (QED) is 0.337. The molecule has 2 heterocycles. The third-order valence-corrected chi connectivity index (χ3v) is 7.89. The minimum absolute atomic E-state index is 0.171. The van der Waals surface area contributed by atoms with Gasteiger partial charge in [0.2, 0.25) is 0 Å². The van der Waals surface area contributed by atoms with Crippen LogP contribution in [0.4, 0.5) is 0 Å². The van der Waals surface area contributed by atoms with E-state index in [1.165, 1.54) is 22.7 Å². The molecule has 0 amide bonds. The number of hydrogen-bond acceptors (Lipinski definition) is 4. The van der Waals surface area contributed by atoms with Crippen molar-refractivity contribution in [3.8, 4) is 20.9 Å². The highest BCUT2D eigenvalue weighted by Crippen LogP contribution is 2.43. The fraction of sp³-hybridized carbons (Fsp3) is 0.111. The molecular weight excluding hydrogens is 598 g/mol. The Morgan fingerprint density at radius 3 is 1.35 bits per heavy atom. The highest BCUT2D eigenvalue weighted by Gasteiger charge is 2.29. The van der Waals surface area contributed by atoms with E-state index in [4.69, 9.17) is 0 Å². The lowest BCUT2D eigenvalue weighted by atomic mass is 9.86. The van der Waals surface area contributed by atoms with E-state index in [9.17, 15) is 19.8 Å². The topological polar surface area (TPSA) is 74.6 Å². The minimum Gasteiger partial charge on any atom is -0.478 e. The van der Waals surface area contributed by atoms with E-state index in [1.807, 2.05) is 24.3 Å². The maximum atomic E-state index is 12.1. The van der Waals surface area contributed by atoms with Gasteiger partial charge in [0.05, 0.1) is 16.9 Å². The first kappa shape index (κ1) is 19.8. The second-order valence-corrected chi connectivity index (χ2v) is 11.5. The molecule has 2 aromatic heterocycles. The predicted molar refractivity (Wildman–Crippen MR) is 122 cm³/mol. The molecule has 0 aliphatic rings. The van der Waals surface area contributed by atoms with Gasteiger partial charge in [-0.25, -0.2) is 9.59 Å². The minimum atomic E-state index is -1.05. The summed E-state index contributed by atoms with van der Waals surface area (Å²) in [5, 5.41) is 19.8. The molecule has 3 rings (SSSR count). The number of hydrogen-bond donors (Lipinski definition) is 2. The van der Waals surface area contributed by atoms with Crippen LogP contribution < -0.4 is 0 Å². The number of carbonyl (C=O) groups is 2. The molecule has 0 saturated carbocycles. The van der Waals surface area contributed by atoms with E-state index in [1.54, 1.807) is 13.8 Å². The van der Waals surface area contributed by atoms with Crippen molar-refractivity contribution in [1.29, 1.82) is 0 Å². The molecule has 1 aromatic carbocycles. The molecule has 4 nitrogen and oxygen atoms in total. The molecule has 0 unspecified atom stereocenters. The number of benzene rings is 1. The van der Waals surface area contributed by atoms with Crippen molar-refractivity contribution < 1.29 is 19.8 Å². The Balaban J connectivity index is 2.49. The summed E-state index contributed by atoms with van der Waals surface area (Å²) in [5.41, 5.74) is 2.30. The lowest BCUT2D eigenvalue weighted by Crippen LogP contribution is -2.12. The van der Waals surface area contributed by atoms with Crippen LogP contribution in [-0.4, -0.2) is 22.2 Å². The highest BCUT2D eigenvalue weighted by atomic mass is 127. The van der Waals surface area contributed by atoms with Crippen molar-refractivity contribution >= 4 is 79.8 Å². The number of halogens is 2. The summed E-state index contributed by atoms with van der Waals surface area (Å²) >= 11 is 7.25. The second kappa shape index (κ2) is 7.56. The van der Waals surface area contributed by atoms with Gasteiger partial charge in [0.25, 0.3) is 0 Å². The summed E-state index contributed by atoms with van der Waals surface area (Å²) in [6.45, 7) is 3.39. The average Bonchev–Trinajstić information content (AvgIpc) is 3.16. The van der Waals surface area contributed by atoms with Crippen LogP contribution in [0, 0.1) is 19.6 Å². The number of thiophene rings is 2. The first-order valence-electron chi connectivity index (χ1n) is 7.37. The first-order valence-corrected chi connectivity index (χ1v) is 11.2. The Kier molecular flexibility index (Phi) is 5.75. The molecule has 134 valence electrons. The predicted octanol–water partition coefficient (Wildman–Crippen LogP) is 6.37. The normalized spacial score (nSPS) is 10.9. The van der Waals surface area contributed by atoms with Gasteiger partial charge in [-0.1, -0.05) is 0 Å². The van der Waals surface area contributed by atoms with Crippen LogP contribution in [0.25, 0.3) is 20.9 Å². The molecule has 0 aliphatic heterocycles. The molecule has 26 heavy (non-hydrogen) atoms. The molecule has 0 fully saturated rings. The van der Waals surface area contributed by atoms with Crippen LogP contribution in [0.2, 0.25) is 0 Å². The number of rotatable bonds is 4. The number of carboxylic acid groups (broad SMARTS) is 2. The monoisotopic (exact) mass is 610 g/mol. The molecular formula is C18H12I2O4S2. The summed E-state index contributed by atoms with van der Waals surface area (Å²) in [6.07, 6.45) is 0. The second-order valence-electron chi connectivity index (χ2n) is 5.57. The van der Waals surface area contributed by atoms with Gasteiger partial charge in [0.1, 0.15) is 0 Å². The number of carboxylic acids is 2. The van der Waals surface area contributed by atoms with Crippen molar-refractivity contribution in [2.24, 2.45) is 0 Å². The summed E-state index contributed by atoms with van der Waals surface area (Å²) in [6, 6.07) is 7.49. The van der Waals surface area contributed by atoms with Gasteiger partial charge in [0.15, 0.2) is 0 Å². The van der Waals surface area contributed by atoms with E-state index in [0.717, 1.165) is 15.5 Å². The smallest absolute Gasteiger partial charge is 0.336 e. The molecule has 0 radical (unpaired) electrons. The Hall–Kier alpha value is -0.980. The van der Waals surface area contributed by atoms with E-state index >= 15 is 0 Å². The van der Waals surface area contributed by atoms with Gasteiger partial charge in [0, 0.05) is 20.9 Å². The average molecular weight is 610 g/mol. The Morgan fingerprint density at radius 1 is 0.769 bits per heavy atom. The van der Waals surface area contributed by atoms with E-state index in [0.29, 0.717) is 22.3 Å². The summed E-state index contributed by atoms with van der Waals surface area (Å²) in [5.74, 6) is -2.10. The van der Waals surface area contributed by atoms with Crippen molar-refractivity contribution in [3.63, 3.8) is 0 Å². The van der Waals surface area contributed by atoms with Crippen LogP contribution in [0.5, 0.6) is 0 Å². The third kappa shape index (κ3) is 3.43. The SMILES string of the molecule is Cc1c(C(=O)O)c(-c2ccc(I)s2)c(C)c(C(=O)O)c1-c1ccc(I)s1.